The minimum atomic E-state index is -2.16. The third kappa shape index (κ3) is 4.63. The second-order valence-electron chi connectivity index (χ2n) is 13.0. The van der Waals surface area contributed by atoms with Gasteiger partial charge in [0.1, 0.15) is 0 Å². The molecule has 0 bridgehead atoms. The molecule has 0 radical (unpaired) electrons. The molecule has 0 amide bonds. The van der Waals surface area contributed by atoms with Crippen molar-refractivity contribution >= 4 is 8.32 Å². The Morgan fingerprint density at radius 1 is 1.09 bits per heavy atom. The van der Waals surface area contributed by atoms with Gasteiger partial charge in [-0.25, -0.2) is 0 Å². The van der Waals surface area contributed by atoms with Crippen molar-refractivity contribution in [1.29, 1.82) is 0 Å². The maximum Gasteiger partial charge on any atom is 0.276 e. The number of fused-ring (bicyclic) bond motifs is 1. The zero-order valence-corrected chi connectivity index (χ0v) is 23.8. The summed E-state index contributed by atoms with van der Waals surface area (Å²) in [7, 11) is -2.16. The molecule has 1 N–H and O–H groups in total. The molecule has 2 aliphatic rings. The smallest absolute Gasteiger partial charge is 0.276 e. The molecule has 0 spiro atoms. The molecule has 0 aliphatic heterocycles. The normalized spacial score (nSPS) is 28.9. The molecule has 1 heterocycles. The van der Waals surface area contributed by atoms with Crippen LogP contribution in [0, 0.1) is 22.7 Å². The van der Waals surface area contributed by atoms with E-state index in [1.165, 1.54) is 31.3 Å². The first-order valence-electron chi connectivity index (χ1n) is 13.4. The van der Waals surface area contributed by atoms with Crippen LogP contribution < -0.4 is 4.43 Å². The third-order valence-electron chi connectivity index (χ3n) is 9.77. The predicted octanol–water partition coefficient (Wildman–Crippen LogP) is 9.06. The molecule has 2 saturated carbocycles. The molecule has 2 aliphatic carbocycles. The third-order valence-corrected chi connectivity index (χ3v) is 15.7. The van der Waals surface area contributed by atoms with Crippen molar-refractivity contribution in [3.63, 3.8) is 0 Å². The van der Waals surface area contributed by atoms with Gasteiger partial charge < -0.3 is 13.9 Å². The molecule has 33 heavy (non-hydrogen) atoms. The molecule has 0 saturated heterocycles. The SMILES string of the molecule is C=C1CC[C@H]2C(C)(C)CCC[C@]2(C)[C@H]1C[C@@H](O)c1ccoc1O[Si](C(C)C)(C(C)C)C(C)C. The standard InChI is InChI=1S/C29H50O3Si/c1-19(2)33(20(3)4,21(5)6)32-27-23(14-17-31-27)25(30)18-24-22(7)12-13-26-28(8,9)15-11-16-29(24,26)10/h14,17,19-21,24-26,30H,7,11-13,15-16,18H2,1-6,8-10H3/t24-,25+,26-,29+/m0/s1. The summed E-state index contributed by atoms with van der Waals surface area (Å²) < 4.78 is 12.8. The Hall–Kier alpha value is -1.00. The van der Waals surface area contributed by atoms with E-state index in [0.717, 1.165) is 12.0 Å². The van der Waals surface area contributed by atoms with Gasteiger partial charge in [0.2, 0.25) is 0 Å². The fourth-order valence-electron chi connectivity index (χ4n) is 8.21. The number of aliphatic hydroxyl groups is 1. The lowest BCUT2D eigenvalue weighted by atomic mass is 9.47. The fraction of sp³-hybridized carbons (Fsp3) is 0.793. The Morgan fingerprint density at radius 2 is 1.70 bits per heavy atom. The van der Waals surface area contributed by atoms with Crippen LogP contribution in [0.15, 0.2) is 28.9 Å². The van der Waals surface area contributed by atoms with Gasteiger partial charge in [-0.15, -0.1) is 0 Å². The van der Waals surface area contributed by atoms with Crippen molar-refractivity contribution in [2.24, 2.45) is 22.7 Å². The summed E-state index contributed by atoms with van der Waals surface area (Å²) in [6.07, 6.45) is 7.93. The van der Waals surface area contributed by atoms with Crippen molar-refractivity contribution in [3.8, 4) is 5.95 Å². The minimum Gasteiger partial charge on any atom is -0.518 e. The van der Waals surface area contributed by atoms with Crippen LogP contribution in [-0.4, -0.2) is 13.4 Å². The van der Waals surface area contributed by atoms with Crippen molar-refractivity contribution < 1.29 is 13.9 Å². The second-order valence-corrected chi connectivity index (χ2v) is 18.4. The van der Waals surface area contributed by atoms with Crippen LogP contribution in [-0.2, 0) is 0 Å². The number of rotatable bonds is 8. The molecule has 1 aromatic rings. The minimum absolute atomic E-state index is 0.203. The Kier molecular flexibility index (Phi) is 7.71. The number of hydrogen-bond donors (Lipinski definition) is 1. The highest BCUT2D eigenvalue weighted by Crippen LogP contribution is 2.62. The van der Waals surface area contributed by atoms with Crippen LogP contribution in [0.1, 0.15) is 113 Å². The fourth-order valence-corrected chi connectivity index (χ4v) is 13.4. The Labute approximate surface area is 204 Å². The van der Waals surface area contributed by atoms with Crippen LogP contribution >= 0.6 is 0 Å². The summed E-state index contributed by atoms with van der Waals surface area (Å²) in [4.78, 5) is 0. The number of aliphatic hydroxyl groups excluding tert-OH is 1. The lowest BCUT2D eigenvalue weighted by molar-refractivity contribution is -0.0639. The van der Waals surface area contributed by atoms with Gasteiger partial charge in [0.15, 0.2) is 0 Å². The molecule has 3 rings (SSSR count). The van der Waals surface area contributed by atoms with E-state index in [4.69, 9.17) is 8.84 Å². The van der Waals surface area contributed by atoms with E-state index >= 15 is 0 Å². The molecule has 4 heteroatoms. The number of furan rings is 1. The monoisotopic (exact) mass is 474 g/mol. The van der Waals surface area contributed by atoms with Crippen molar-refractivity contribution in [2.45, 2.75) is 124 Å². The van der Waals surface area contributed by atoms with Crippen molar-refractivity contribution in [1.82, 2.24) is 0 Å². The van der Waals surface area contributed by atoms with E-state index in [9.17, 15) is 5.11 Å². The average molecular weight is 475 g/mol. The molecule has 4 atom stereocenters. The highest BCUT2D eigenvalue weighted by atomic mass is 28.4. The van der Waals surface area contributed by atoms with E-state index < -0.39 is 14.4 Å². The highest BCUT2D eigenvalue weighted by molar-refractivity contribution is 6.78. The Bertz CT molecular complexity index is 799. The van der Waals surface area contributed by atoms with Crippen LogP contribution in [0.4, 0.5) is 0 Å². The van der Waals surface area contributed by atoms with Gasteiger partial charge in [-0.3, -0.25) is 0 Å². The van der Waals surface area contributed by atoms with Crippen LogP contribution in [0.3, 0.4) is 0 Å². The average Bonchev–Trinajstić information content (AvgIpc) is 3.15. The summed E-state index contributed by atoms with van der Waals surface area (Å²) in [5.74, 6) is 1.57. The summed E-state index contributed by atoms with van der Waals surface area (Å²) in [5, 5.41) is 11.5. The zero-order chi connectivity index (χ0) is 24.8. The second kappa shape index (κ2) is 9.57. The topological polar surface area (TPSA) is 42.6 Å². The van der Waals surface area contributed by atoms with Crippen LogP contribution in [0.5, 0.6) is 5.95 Å². The van der Waals surface area contributed by atoms with Gasteiger partial charge in [-0.2, -0.15) is 0 Å². The first-order chi connectivity index (χ1) is 15.3. The zero-order valence-electron chi connectivity index (χ0n) is 22.8. The van der Waals surface area contributed by atoms with Gasteiger partial charge in [-0.1, -0.05) is 80.9 Å². The van der Waals surface area contributed by atoms with Gasteiger partial charge in [0, 0.05) is 0 Å². The number of hydrogen-bond acceptors (Lipinski definition) is 3. The molecule has 1 aromatic heterocycles. The van der Waals surface area contributed by atoms with E-state index in [0.29, 0.717) is 46.2 Å². The van der Waals surface area contributed by atoms with Gasteiger partial charge in [0.25, 0.3) is 14.3 Å². The molecule has 0 aromatic carbocycles. The molecular weight excluding hydrogens is 424 g/mol. The molecule has 3 nitrogen and oxygen atoms in total. The molecule has 188 valence electrons. The van der Waals surface area contributed by atoms with E-state index in [-0.39, 0.29) is 5.41 Å². The first kappa shape index (κ1) is 26.6. The molecule has 0 unspecified atom stereocenters. The summed E-state index contributed by atoms with van der Waals surface area (Å²) in [6.45, 7) is 25.6. The van der Waals surface area contributed by atoms with E-state index in [1.807, 2.05) is 6.07 Å². The lowest BCUT2D eigenvalue weighted by Gasteiger charge is -2.58. The van der Waals surface area contributed by atoms with E-state index in [2.05, 4.69) is 68.9 Å². The summed E-state index contributed by atoms with van der Waals surface area (Å²) in [5.41, 5.74) is 4.07. The largest absolute Gasteiger partial charge is 0.518 e. The number of allylic oxidation sites excluding steroid dienone is 1. The predicted molar refractivity (Wildman–Crippen MR) is 141 cm³/mol. The lowest BCUT2D eigenvalue weighted by Crippen LogP contribution is -2.51. The van der Waals surface area contributed by atoms with Gasteiger partial charge in [0.05, 0.1) is 17.9 Å². The van der Waals surface area contributed by atoms with Gasteiger partial charge >= 0.3 is 0 Å². The van der Waals surface area contributed by atoms with Crippen molar-refractivity contribution in [2.75, 3.05) is 0 Å². The van der Waals surface area contributed by atoms with Crippen LogP contribution in [0.25, 0.3) is 0 Å². The Balaban J connectivity index is 1.88. The quantitative estimate of drug-likeness (QED) is 0.302. The maximum atomic E-state index is 11.5. The summed E-state index contributed by atoms with van der Waals surface area (Å²) >= 11 is 0. The van der Waals surface area contributed by atoms with Gasteiger partial charge in [-0.05, 0) is 77.5 Å². The molecule has 2 fully saturated rings. The van der Waals surface area contributed by atoms with Crippen LogP contribution in [0.2, 0.25) is 16.6 Å². The van der Waals surface area contributed by atoms with Crippen molar-refractivity contribution in [3.05, 3.63) is 30.0 Å². The molecular formula is C29H50O3Si. The first-order valence-corrected chi connectivity index (χ1v) is 15.5. The highest BCUT2D eigenvalue weighted by Gasteiger charge is 2.53. The van der Waals surface area contributed by atoms with E-state index in [1.54, 1.807) is 6.26 Å². The maximum absolute atomic E-state index is 11.5. The Morgan fingerprint density at radius 3 is 2.27 bits per heavy atom. The summed E-state index contributed by atoms with van der Waals surface area (Å²) in [6, 6.07) is 1.93.